The predicted molar refractivity (Wildman–Crippen MR) is 62.6 cm³/mol. The van der Waals surface area contributed by atoms with Crippen molar-refractivity contribution in [3.8, 4) is 0 Å². The number of rotatable bonds is 3. The van der Waals surface area contributed by atoms with Gasteiger partial charge in [-0.1, -0.05) is 0 Å². The lowest BCUT2D eigenvalue weighted by atomic mass is 10.2. The molecule has 2 N–H and O–H groups in total. The molecule has 0 aromatic carbocycles. The predicted octanol–water partition coefficient (Wildman–Crippen LogP) is -0.348. The highest BCUT2D eigenvalue weighted by molar-refractivity contribution is 7.91. The summed E-state index contributed by atoms with van der Waals surface area (Å²) in [6, 6.07) is -0.549. The SMILES string of the molecule is O=C(NC[C@H]1CCCO1)N[C@@H]1CCS(=O)(=O)C1. The first-order chi connectivity index (χ1) is 8.05. The highest BCUT2D eigenvalue weighted by atomic mass is 32.2. The van der Waals surface area contributed by atoms with E-state index < -0.39 is 9.84 Å². The van der Waals surface area contributed by atoms with Crippen molar-refractivity contribution in [3.05, 3.63) is 0 Å². The molecule has 2 rings (SSSR count). The zero-order chi connectivity index (χ0) is 12.3. The van der Waals surface area contributed by atoms with Crippen LogP contribution in [0.2, 0.25) is 0 Å². The van der Waals surface area contributed by atoms with Gasteiger partial charge < -0.3 is 15.4 Å². The molecule has 0 unspecified atom stereocenters. The molecule has 2 aliphatic heterocycles. The number of sulfone groups is 1. The number of ether oxygens (including phenoxy) is 1. The van der Waals surface area contributed by atoms with Crippen LogP contribution in [0.15, 0.2) is 0 Å². The molecule has 2 saturated heterocycles. The molecule has 2 fully saturated rings. The van der Waals surface area contributed by atoms with Crippen LogP contribution < -0.4 is 10.6 Å². The van der Waals surface area contributed by atoms with Crippen molar-refractivity contribution in [2.75, 3.05) is 24.7 Å². The summed E-state index contributed by atoms with van der Waals surface area (Å²) in [6.07, 6.45) is 2.62. The number of hydrogen-bond donors (Lipinski definition) is 2. The van der Waals surface area contributed by atoms with Gasteiger partial charge in [0, 0.05) is 19.2 Å². The summed E-state index contributed by atoms with van der Waals surface area (Å²) >= 11 is 0. The lowest BCUT2D eigenvalue weighted by Crippen LogP contribution is -2.44. The van der Waals surface area contributed by atoms with Crippen LogP contribution in [0.5, 0.6) is 0 Å². The van der Waals surface area contributed by atoms with E-state index in [1.807, 2.05) is 0 Å². The Bertz CT molecular complexity index is 376. The highest BCUT2D eigenvalue weighted by Gasteiger charge is 2.29. The molecular formula is C10H18N2O4S. The van der Waals surface area contributed by atoms with E-state index in [-0.39, 0.29) is 29.7 Å². The number of hydrogen-bond acceptors (Lipinski definition) is 4. The van der Waals surface area contributed by atoms with Gasteiger partial charge in [0.05, 0.1) is 17.6 Å². The van der Waals surface area contributed by atoms with Gasteiger partial charge in [0.2, 0.25) is 0 Å². The van der Waals surface area contributed by atoms with Gasteiger partial charge in [-0.15, -0.1) is 0 Å². The van der Waals surface area contributed by atoms with Crippen molar-refractivity contribution >= 4 is 15.9 Å². The zero-order valence-electron chi connectivity index (χ0n) is 9.65. The van der Waals surface area contributed by atoms with Crippen LogP contribution in [0.25, 0.3) is 0 Å². The Morgan fingerprint density at radius 2 is 2.18 bits per heavy atom. The summed E-state index contributed by atoms with van der Waals surface area (Å²) in [4.78, 5) is 11.5. The van der Waals surface area contributed by atoms with Crippen molar-refractivity contribution < 1.29 is 17.9 Å². The smallest absolute Gasteiger partial charge is 0.315 e. The quantitative estimate of drug-likeness (QED) is 0.728. The van der Waals surface area contributed by atoms with Gasteiger partial charge in [0.1, 0.15) is 0 Å². The molecule has 7 heteroatoms. The van der Waals surface area contributed by atoms with E-state index in [9.17, 15) is 13.2 Å². The van der Waals surface area contributed by atoms with Gasteiger partial charge in [-0.2, -0.15) is 0 Å². The highest BCUT2D eigenvalue weighted by Crippen LogP contribution is 2.12. The van der Waals surface area contributed by atoms with Crippen molar-refractivity contribution in [2.45, 2.75) is 31.4 Å². The van der Waals surface area contributed by atoms with E-state index in [4.69, 9.17) is 4.74 Å². The van der Waals surface area contributed by atoms with E-state index in [0.29, 0.717) is 13.0 Å². The van der Waals surface area contributed by atoms with Gasteiger partial charge in [-0.25, -0.2) is 13.2 Å². The number of nitrogens with one attached hydrogen (secondary N) is 2. The minimum atomic E-state index is -2.94. The van der Waals surface area contributed by atoms with Gasteiger partial charge in [0.25, 0.3) is 0 Å². The summed E-state index contributed by atoms with van der Waals surface area (Å²) in [7, 11) is -2.94. The normalized spacial score (nSPS) is 31.3. The monoisotopic (exact) mass is 262 g/mol. The number of amides is 2. The second kappa shape index (κ2) is 5.22. The Morgan fingerprint density at radius 1 is 1.35 bits per heavy atom. The average Bonchev–Trinajstić information content (AvgIpc) is 2.85. The van der Waals surface area contributed by atoms with Gasteiger partial charge in [-0.05, 0) is 19.3 Å². The lowest BCUT2D eigenvalue weighted by Gasteiger charge is -2.14. The standard InChI is InChI=1S/C10H18N2O4S/c13-10(11-6-9-2-1-4-16-9)12-8-3-5-17(14,15)7-8/h8-9H,1-7H2,(H2,11,12,13)/t8-,9-/m1/s1. The van der Waals surface area contributed by atoms with E-state index >= 15 is 0 Å². The number of carbonyl (C=O) groups excluding carboxylic acids is 1. The molecule has 2 aliphatic rings. The molecule has 0 aromatic rings. The van der Waals surface area contributed by atoms with Crippen LogP contribution in [0, 0.1) is 0 Å². The van der Waals surface area contributed by atoms with Crippen LogP contribution in [0.1, 0.15) is 19.3 Å². The molecule has 0 aliphatic carbocycles. The van der Waals surface area contributed by atoms with Gasteiger partial charge in [-0.3, -0.25) is 0 Å². The number of carbonyl (C=O) groups is 1. The third-order valence-corrected chi connectivity index (χ3v) is 4.85. The molecule has 2 heterocycles. The fourth-order valence-corrected chi connectivity index (χ4v) is 3.83. The molecule has 17 heavy (non-hydrogen) atoms. The summed E-state index contributed by atoms with van der Waals surface area (Å²) in [6.45, 7) is 1.25. The van der Waals surface area contributed by atoms with Gasteiger partial charge >= 0.3 is 6.03 Å². The van der Waals surface area contributed by atoms with E-state index in [1.165, 1.54) is 0 Å². The maximum absolute atomic E-state index is 11.5. The summed E-state index contributed by atoms with van der Waals surface area (Å²) < 4.78 is 27.8. The van der Waals surface area contributed by atoms with Crippen molar-refractivity contribution in [2.24, 2.45) is 0 Å². The van der Waals surface area contributed by atoms with Crippen LogP contribution in [-0.2, 0) is 14.6 Å². The third kappa shape index (κ3) is 3.85. The van der Waals surface area contributed by atoms with Crippen LogP contribution in [0.3, 0.4) is 0 Å². The summed E-state index contributed by atoms with van der Waals surface area (Å²) in [5.41, 5.74) is 0. The summed E-state index contributed by atoms with van der Waals surface area (Å²) in [5.74, 6) is 0.226. The molecule has 2 atom stereocenters. The molecule has 0 saturated carbocycles. The Kier molecular flexibility index (Phi) is 3.88. The van der Waals surface area contributed by atoms with Crippen molar-refractivity contribution in [1.29, 1.82) is 0 Å². The third-order valence-electron chi connectivity index (χ3n) is 3.08. The first-order valence-electron chi connectivity index (χ1n) is 5.91. The van der Waals surface area contributed by atoms with Crippen molar-refractivity contribution in [1.82, 2.24) is 10.6 Å². The first-order valence-corrected chi connectivity index (χ1v) is 7.74. The van der Waals surface area contributed by atoms with Crippen LogP contribution in [-0.4, -0.2) is 51.3 Å². The molecule has 98 valence electrons. The molecule has 0 aromatic heterocycles. The largest absolute Gasteiger partial charge is 0.376 e. The Hall–Kier alpha value is -0.820. The molecule has 0 bridgehead atoms. The fraction of sp³-hybridized carbons (Fsp3) is 0.900. The Morgan fingerprint density at radius 3 is 2.76 bits per heavy atom. The van der Waals surface area contributed by atoms with Gasteiger partial charge in [0.15, 0.2) is 9.84 Å². The molecular weight excluding hydrogens is 244 g/mol. The average molecular weight is 262 g/mol. The summed E-state index contributed by atoms with van der Waals surface area (Å²) in [5, 5.41) is 5.38. The Labute approximate surface area is 101 Å². The van der Waals surface area contributed by atoms with Crippen molar-refractivity contribution in [3.63, 3.8) is 0 Å². The fourth-order valence-electron chi connectivity index (χ4n) is 2.16. The molecule has 0 spiro atoms. The molecule has 6 nitrogen and oxygen atoms in total. The van der Waals surface area contributed by atoms with E-state index in [0.717, 1.165) is 19.4 Å². The lowest BCUT2D eigenvalue weighted by molar-refractivity contribution is 0.111. The maximum atomic E-state index is 11.5. The minimum absolute atomic E-state index is 0.0559. The van der Waals surface area contributed by atoms with E-state index in [1.54, 1.807) is 0 Å². The second-order valence-corrected chi connectivity index (χ2v) is 6.82. The first kappa shape index (κ1) is 12.6. The molecule has 2 amide bonds. The number of urea groups is 1. The minimum Gasteiger partial charge on any atom is -0.376 e. The van der Waals surface area contributed by atoms with Crippen LogP contribution >= 0.6 is 0 Å². The maximum Gasteiger partial charge on any atom is 0.315 e. The second-order valence-electron chi connectivity index (χ2n) is 4.59. The van der Waals surface area contributed by atoms with Crippen LogP contribution in [0.4, 0.5) is 4.79 Å². The Balaban J connectivity index is 1.67. The zero-order valence-corrected chi connectivity index (χ0v) is 10.5. The van der Waals surface area contributed by atoms with E-state index in [2.05, 4.69) is 10.6 Å². The topological polar surface area (TPSA) is 84.5 Å². The molecule has 0 radical (unpaired) electrons.